The highest BCUT2D eigenvalue weighted by molar-refractivity contribution is 5.96. The van der Waals surface area contributed by atoms with E-state index in [-0.39, 0.29) is 57.4 Å². The molecule has 1 aromatic carbocycles. The van der Waals surface area contributed by atoms with Gasteiger partial charge in [0.05, 0.1) is 18.1 Å². The number of allylic oxidation sites excluding steroid dienone is 1. The normalized spacial score (nSPS) is 40.5. The molecule has 5 fully saturated rings. The van der Waals surface area contributed by atoms with Crippen LogP contribution in [0.1, 0.15) is 122 Å². The van der Waals surface area contributed by atoms with Crippen molar-refractivity contribution in [2.24, 2.45) is 56.7 Å². The van der Waals surface area contributed by atoms with Crippen molar-refractivity contribution in [3.05, 3.63) is 47.5 Å². The minimum atomic E-state index is -0.364. The maximum absolute atomic E-state index is 14.5. The van der Waals surface area contributed by atoms with Crippen LogP contribution in [0.4, 0.5) is 0 Å². The number of carbonyl (C=O) groups is 3. The number of likely N-dealkylation sites (N-methyl/N-ethyl adjacent to an activating group) is 1. The van der Waals surface area contributed by atoms with Crippen LogP contribution >= 0.6 is 0 Å². The number of aliphatic hydroxyl groups is 1. The van der Waals surface area contributed by atoms with Crippen molar-refractivity contribution in [3.63, 3.8) is 0 Å². The Kier molecular flexibility index (Phi) is 9.46. The molecule has 10 atom stereocenters. The maximum atomic E-state index is 14.5. The molecular formula is C42H63N3O4. The molecule has 49 heavy (non-hydrogen) atoms. The van der Waals surface area contributed by atoms with Crippen LogP contribution < -0.4 is 16.0 Å². The molecule has 4 unspecified atom stereocenters. The van der Waals surface area contributed by atoms with Crippen LogP contribution in [0.5, 0.6) is 0 Å². The van der Waals surface area contributed by atoms with E-state index in [1.54, 1.807) is 13.1 Å². The first-order valence-corrected chi connectivity index (χ1v) is 19.2. The van der Waals surface area contributed by atoms with Gasteiger partial charge in [0.25, 0.3) is 5.91 Å². The Bertz CT molecular complexity index is 1490. The van der Waals surface area contributed by atoms with Crippen molar-refractivity contribution in [2.45, 2.75) is 118 Å². The molecule has 3 amide bonds. The fourth-order valence-corrected chi connectivity index (χ4v) is 13.2. The SMILES string of the molecule is C=C(C)[C@@H]1CC[C@]2(C(=O)NCCc3cccc(C(=O)NCC(=O)NC)c3)CC[C@]3(C)C(CCC4[C@@]5(C)CC[C@H](O)C(C)(C)C5CC[C@]43C)C12. The molecule has 5 aliphatic carbocycles. The molecular weight excluding hydrogens is 610 g/mol. The highest BCUT2D eigenvalue weighted by atomic mass is 16.3. The van der Waals surface area contributed by atoms with E-state index in [4.69, 9.17) is 0 Å². The number of amides is 3. The summed E-state index contributed by atoms with van der Waals surface area (Å²) in [4.78, 5) is 38.7. The Morgan fingerprint density at radius 3 is 2.35 bits per heavy atom. The standard InChI is InChI=1S/C42H63N3O4/c1-26(2)29-14-20-42(37(49)44-23-17-27-10-9-11-28(24-27)36(48)45-25-34(47)43-8)22-21-40(6)30(35(29)42)12-13-32-39(5)18-16-33(46)38(3,4)31(39)15-19-41(32,40)7/h9-11,24,29-33,35,46H,1,12-23,25H2,2-8H3,(H,43,47)(H,44,49)(H,45,48)/t29-,30?,31?,32?,33-,35?,39-,40+,41+,42-/m0/s1. The number of nitrogens with one attached hydrogen (secondary N) is 3. The van der Waals surface area contributed by atoms with Crippen LogP contribution in [0.3, 0.4) is 0 Å². The summed E-state index contributed by atoms with van der Waals surface area (Å²) in [6, 6.07) is 7.46. The number of benzene rings is 1. The average Bonchev–Trinajstić information content (AvgIpc) is 3.47. The molecule has 7 nitrogen and oxygen atoms in total. The summed E-state index contributed by atoms with van der Waals surface area (Å²) in [6.45, 7) is 19.6. The molecule has 0 heterocycles. The number of rotatable bonds is 8. The Balaban J connectivity index is 1.20. The quantitative estimate of drug-likeness (QED) is 0.227. The van der Waals surface area contributed by atoms with Gasteiger partial charge in [-0.3, -0.25) is 14.4 Å². The zero-order valence-corrected chi connectivity index (χ0v) is 31.3. The number of hydrogen-bond donors (Lipinski definition) is 4. The highest BCUT2D eigenvalue weighted by Crippen LogP contribution is 2.77. The third-order valence-corrected chi connectivity index (χ3v) is 16.1. The lowest BCUT2D eigenvalue weighted by Crippen LogP contribution is -2.67. The Hall–Kier alpha value is -2.67. The Morgan fingerprint density at radius 2 is 1.63 bits per heavy atom. The lowest BCUT2D eigenvalue weighted by atomic mass is 9.32. The van der Waals surface area contributed by atoms with E-state index in [0.29, 0.717) is 48.1 Å². The minimum Gasteiger partial charge on any atom is -0.393 e. The molecule has 7 heteroatoms. The van der Waals surface area contributed by atoms with E-state index in [9.17, 15) is 19.5 Å². The number of hydrogen-bond acceptors (Lipinski definition) is 4. The van der Waals surface area contributed by atoms with E-state index >= 15 is 0 Å². The van der Waals surface area contributed by atoms with Crippen molar-refractivity contribution < 1.29 is 19.5 Å². The number of fused-ring (bicyclic) bond motifs is 7. The summed E-state index contributed by atoms with van der Waals surface area (Å²) in [7, 11) is 1.54. The van der Waals surface area contributed by atoms with Gasteiger partial charge in [0.2, 0.25) is 11.8 Å². The van der Waals surface area contributed by atoms with Crippen LogP contribution in [0.2, 0.25) is 0 Å². The van der Waals surface area contributed by atoms with Gasteiger partial charge in [-0.25, -0.2) is 0 Å². The average molecular weight is 674 g/mol. The molecule has 5 aliphatic rings. The van der Waals surface area contributed by atoms with Gasteiger partial charge in [0.15, 0.2) is 0 Å². The van der Waals surface area contributed by atoms with Gasteiger partial charge < -0.3 is 21.1 Å². The van der Waals surface area contributed by atoms with E-state index in [2.05, 4.69) is 64.1 Å². The first kappa shape index (κ1) is 36.1. The van der Waals surface area contributed by atoms with Gasteiger partial charge in [0.1, 0.15) is 0 Å². The zero-order valence-electron chi connectivity index (χ0n) is 31.3. The molecule has 270 valence electrons. The minimum absolute atomic E-state index is 0.0527. The summed E-state index contributed by atoms with van der Waals surface area (Å²) in [5.41, 5.74) is 2.93. The van der Waals surface area contributed by atoms with Crippen molar-refractivity contribution >= 4 is 17.7 Å². The van der Waals surface area contributed by atoms with Gasteiger partial charge in [-0.1, -0.05) is 58.9 Å². The topological polar surface area (TPSA) is 108 Å². The monoisotopic (exact) mass is 673 g/mol. The van der Waals surface area contributed by atoms with Crippen LogP contribution in [-0.4, -0.2) is 49.1 Å². The van der Waals surface area contributed by atoms with Crippen molar-refractivity contribution in [3.8, 4) is 0 Å². The van der Waals surface area contributed by atoms with Crippen molar-refractivity contribution in [2.75, 3.05) is 20.1 Å². The third-order valence-electron chi connectivity index (χ3n) is 16.1. The van der Waals surface area contributed by atoms with Gasteiger partial charge in [-0.2, -0.15) is 0 Å². The van der Waals surface area contributed by atoms with Gasteiger partial charge in [0, 0.05) is 19.2 Å². The molecule has 0 spiro atoms. The predicted octanol–water partition coefficient (Wildman–Crippen LogP) is 6.84. The van der Waals surface area contributed by atoms with Crippen LogP contribution in [0.15, 0.2) is 36.4 Å². The van der Waals surface area contributed by atoms with Crippen molar-refractivity contribution in [1.29, 1.82) is 0 Å². The molecule has 6 rings (SSSR count). The van der Waals surface area contributed by atoms with Crippen LogP contribution in [0, 0.1) is 56.7 Å². The molecule has 1 aromatic rings. The summed E-state index contributed by atoms with van der Waals surface area (Å²) >= 11 is 0. The summed E-state index contributed by atoms with van der Waals surface area (Å²) in [5.74, 6) is 2.04. The molecule has 5 saturated carbocycles. The van der Waals surface area contributed by atoms with E-state index in [1.165, 1.54) is 31.3 Å². The Morgan fingerprint density at radius 1 is 0.878 bits per heavy atom. The predicted molar refractivity (Wildman–Crippen MR) is 195 cm³/mol. The molecule has 4 N–H and O–H groups in total. The maximum Gasteiger partial charge on any atom is 0.251 e. The fourth-order valence-electron chi connectivity index (χ4n) is 13.2. The second-order valence-corrected chi connectivity index (χ2v) is 18.3. The van der Waals surface area contributed by atoms with Gasteiger partial charge in [-0.05, 0) is 146 Å². The van der Waals surface area contributed by atoms with Crippen LogP contribution in [-0.2, 0) is 16.0 Å². The molecule has 0 saturated heterocycles. The van der Waals surface area contributed by atoms with Crippen LogP contribution in [0.25, 0.3) is 0 Å². The fraction of sp³-hybridized carbons (Fsp3) is 0.738. The second kappa shape index (κ2) is 12.8. The molecule has 0 bridgehead atoms. The summed E-state index contributed by atoms with van der Waals surface area (Å²) < 4.78 is 0. The first-order chi connectivity index (χ1) is 23.0. The molecule has 0 aromatic heterocycles. The lowest BCUT2D eigenvalue weighted by Gasteiger charge is -2.72. The third kappa shape index (κ3) is 5.60. The van der Waals surface area contributed by atoms with E-state index in [0.717, 1.165) is 44.1 Å². The number of aliphatic hydroxyl groups excluding tert-OH is 1. The van der Waals surface area contributed by atoms with Gasteiger partial charge in [-0.15, -0.1) is 0 Å². The summed E-state index contributed by atoms with van der Waals surface area (Å²) in [5, 5.41) is 19.7. The lowest BCUT2D eigenvalue weighted by molar-refractivity contribution is -0.246. The van der Waals surface area contributed by atoms with E-state index in [1.807, 2.05) is 18.2 Å². The highest BCUT2D eigenvalue weighted by Gasteiger charge is 2.71. The van der Waals surface area contributed by atoms with Crippen molar-refractivity contribution in [1.82, 2.24) is 16.0 Å². The summed E-state index contributed by atoms with van der Waals surface area (Å²) in [6.07, 6.45) is 11.3. The second-order valence-electron chi connectivity index (χ2n) is 18.3. The van der Waals surface area contributed by atoms with E-state index < -0.39 is 0 Å². The number of carbonyl (C=O) groups excluding carboxylic acids is 3. The first-order valence-electron chi connectivity index (χ1n) is 19.2. The largest absolute Gasteiger partial charge is 0.393 e. The molecule has 0 aliphatic heterocycles. The van der Waals surface area contributed by atoms with Gasteiger partial charge >= 0.3 is 0 Å². The zero-order chi connectivity index (χ0) is 35.6. The smallest absolute Gasteiger partial charge is 0.251 e. The molecule has 0 radical (unpaired) electrons. The Labute approximate surface area is 295 Å².